The second-order valence-electron chi connectivity index (χ2n) is 4.63. The minimum Gasteiger partial charge on any atom is -0.378 e. The topological polar surface area (TPSA) is 75.5 Å². The molecule has 102 valence electrons. The van der Waals surface area contributed by atoms with Crippen LogP contribution in [0.2, 0.25) is 0 Å². The van der Waals surface area contributed by atoms with Gasteiger partial charge in [0.05, 0.1) is 4.92 Å². The van der Waals surface area contributed by atoms with Crippen LogP contribution in [0.25, 0.3) is 0 Å². The van der Waals surface area contributed by atoms with Crippen molar-refractivity contribution in [2.24, 2.45) is 0 Å². The molecule has 6 nitrogen and oxygen atoms in total. The van der Waals surface area contributed by atoms with Crippen molar-refractivity contribution in [3.8, 4) is 0 Å². The smallest absolute Gasteiger partial charge is 0.293 e. The van der Waals surface area contributed by atoms with Crippen molar-refractivity contribution < 1.29 is 9.72 Å². The maximum Gasteiger partial charge on any atom is 0.293 e. The first-order valence-corrected chi connectivity index (χ1v) is 6.40. The summed E-state index contributed by atoms with van der Waals surface area (Å²) in [4.78, 5) is 23.4. The van der Waals surface area contributed by atoms with E-state index in [0.717, 1.165) is 19.6 Å². The van der Waals surface area contributed by atoms with Gasteiger partial charge < -0.3 is 10.2 Å². The third kappa shape index (κ3) is 3.51. The van der Waals surface area contributed by atoms with E-state index in [1.165, 1.54) is 18.9 Å². The fourth-order valence-electron chi connectivity index (χ4n) is 2.28. The zero-order chi connectivity index (χ0) is 13.7. The molecule has 0 spiro atoms. The zero-order valence-corrected chi connectivity index (χ0v) is 10.7. The van der Waals surface area contributed by atoms with Crippen LogP contribution in [0.4, 0.5) is 11.4 Å². The highest BCUT2D eigenvalue weighted by atomic mass is 16.6. The van der Waals surface area contributed by atoms with Gasteiger partial charge in [-0.05, 0) is 38.1 Å². The lowest BCUT2D eigenvalue weighted by atomic mass is 10.2. The molecule has 0 amide bonds. The Labute approximate surface area is 111 Å². The number of hydrogen-bond acceptors (Lipinski definition) is 5. The lowest BCUT2D eigenvalue weighted by Gasteiger charge is -2.15. The van der Waals surface area contributed by atoms with Gasteiger partial charge in [0.1, 0.15) is 12.0 Å². The molecule has 1 aromatic carbocycles. The molecule has 0 unspecified atom stereocenters. The van der Waals surface area contributed by atoms with Gasteiger partial charge in [-0.25, -0.2) is 0 Å². The largest absolute Gasteiger partial charge is 0.378 e. The summed E-state index contributed by atoms with van der Waals surface area (Å²) in [6.45, 7) is 3.76. The number of nitro benzene ring substituents is 1. The molecule has 1 saturated heterocycles. The summed E-state index contributed by atoms with van der Waals surface area (Å²) in [5.74, 6) is 0. The van der Waals surface area contributed by atoms with Gasteiger partial charge >= 0.3 is 0 Å². The zero-order valence-electron chi connectivity index (χ0n) is 10.7. The fourth-order valence-corrected chi connectivity index (χ4v) is 2.28. The van der Waals surface area contributed by atoms with E-state index in [1.54, 1.807) is 12.1 Å². The van der Waals surface area contributed by atoms with E-state index in [4.69, 9.17) is 0 Å². The predicted octanol–water partition coefficient (Wildman–Crippen LogP) is 1.91. The summed E-state index contributed by atoms with van der Waals surface area (Å²) in [7, 11) is 0. The number of carbonyl (C=O) groups excluding carboxylic acids is 1. The van der Waals surface area contributed by atoms with E-state index in [-0.39, 0.29) is 5.69 Å². The Bertz CT molecular complexity index is 470. The van der Waals surface area contributed by atoms with Gasteiger partial charge in [-0.15, -0.1) is 0 Å². The molecule has 0 atom stereocenters. The Morgan fingerprint density at radius 2 is 2.11 bits per heavy atom. The number of nitro groups is 1. The van der Waals surface area contributed by atoms with Crippen LogP contribution in [0.1, 0.15) is 23.2 Å². The molecule has 1 fully saturated rings. The van der Waals surface area contributed by atoms with Crippen LogP contribution in [0.5, 0.6) is 0 Å². The van der Waals surface area contributed by atoms with Crippen LogP contribution in [-0.2, 0) is 0 Å². The molecule has 0 saturated carbocycles. The number of nitrogens with one attached hydrogen (secondary N) is 1. The minimum absolute atomic E-state index is 0.0500. The molecule has 6 heteroatoms. The second-order valence-corrected chi connectivity index (χ2v) is 4.63. The molecular formula is C13H17N3O3. The quantitative estimate of drug-likeness (QED) is 0.482. The van der Waals surface area contributed by atoms with Gasteiger partial charge in [0.25, 0.3) is 5.69 Å². The fraction of sp³-hybridized carbons (Fsp3) is 0.462. The van der Waals surface area contributed by atoms with Gasteiger partial charge in [0.15, 0.2) is 0 Å². The number of rotatable bonds is 6. The molecule has 1 aliphatic rings. The highest BCUT2D eigenvalue weighted by molar-refractivity contribution is 5.79. The number of hydrogen-bond donors (Lipinski definition) is 1. The highest BCUT2D eigenvalue weighted by Crippen LogP contribution is 2.24. The van der Waals surface area contributed by atoms with Crippen LogP contribution in [0.3, 0.4) is 0 Å². The Morgan fingerprint density at radius 3 is 2.74 bits per heavy atom. The van der Waals surface area contributed by atoms with Gasteiger partial charge in [-0.2, -0.15) is 0 Å². The SMILES string of the molecule is O=Cc1ccc(NCCN2CCCC2)c([N+](=O)[O-])c1. The van der Waals surface area contributed by atoms with Crippen molar-refractivity contribution in [3.63, 3.8) is 0 Å². The molecule has 19 heavy (non-hydrogen) atoms. The molecule has 1 aromatic rings. The number of anilines is 1. The van der Waals surface area contributed by atoms with Gasteiger partial charge in [0.2, 0.25) is 0 Å². The van der Waals surface area contributed by atoms with Crippen molar-refractivity contribution in [2.75, 3.05) is 31.5 Å². The lowest BCUT2D eigenvalue weighted by Crippen LogP contribution is -2.26. The third-order valence-electron chi connectivity index (χ3n) is 3.30. The highest BCUT2D eigenvalue weighted by Gasteiger charge is 2.15. The molecular weight excluding hydrogens is 246 g/mol. The molecule has 0 bridgehead atoms. The average Bonchev–Trinajstić information content (AvgIpc) is 2.92. The molecule has 0 aliphatic carbocycles. The number of carbonyl (C=O) groups is 1. The van der Waals surface area contributed by atoms with Crippen molar-refractivity contribution in [1.29, 1.82) is 0 Å². The van der Waals surface area contributed by atoms with Gasteiger partial charge in [-0.1, -0.05) is 0 Å². The van der Waals surface area contributed by atoms with Crippen molar-refractivity contribution in [1.82, 2.24) is 4.90 Å². The number of likely N-dealkylation sites (tertiary alicyclic amines) is 1. The Morgan fingerprint density at radius 1 is 1.37 bits per heavy atom. The van der Waals surface area contributed by atoms with Gasteiger partial charge in [0, 0.05) is 24.7 Å². The van der Waals surface area contributed by atoms with E-state index in [1.807, 2.05) is 0 Å². The maximum atomic E-state index is 10.9. The summed E-state index contributed by atoms with van der Waals surface area (Å²) in [6.07, 6.45) is 3.07. The Kier molecular flexibility index (Phi) is 4.46. The monoisotopic (exact) mass is 263 g/mol. The summed E-state index contributed by atoms with van der Waals surface area (Å²) >= 11 is 0. The molecule has 1 N–H and O–H groups in total. The first-order chi connectivity index (χ1) is 9.20. The molecule has 1 aliphatic heterocycles. The summed E-state index contributed by atoms with van der Waals surface area (Å²) < 4.78 is 0. The van der Waals surface area contributed by atoms with E-state index in [2.05, 4.69) is 10.2 Å². The number of nitrogens with zero attached hydrogens (tertiary/aromatic N) is 2. The van der Waals surface area contributed by atoms with E-state index in [9.17, 15) is 14.9 Å². The van der Waals surface area contributed by atoms with E-state index >= 15 is 0 Å². The Balaban J connectivity index is 1.98. The molecule has 2 rings (SSSR count). The van der Waals surface area contributed by atoms with Crippen LogP contribution < -0.4 is 5.32 Å². The van der Waals surface area contributed by atoms with Crippen molar-refractivity contribution >= 4 is 17.7 Å². The molecule has 0 radical (unpaired) electrons. The standard InChI is InChI=1S/C13H17N3O3/c17-10-11-3-4-12(13(9-11)16(18)19)14-5-8-15-6-1-2-7-15/h3-4,9-10,14H,1-2,5-8H2. The normalized spacial score (nSPS) is 15.4. The molecule has 0 aromatic heterocycles. The molecule has 1 heterocycles. The third-order valence-corrected chi connectivity index (χ3v) is 3.30. The van der Waals surface area contributed by atoms with Crippen LogP contribution >= 0.6 is 0 Å². The van der Waals surface area contributed by atoms with E-state index < -0.39 is 4.92 Å². The summed E-state index contributed by atoms with van der Waals surface area (Å²) in [6, 6.07) is 4.47. The van der Waals surface area contributed by atoms with Crippen molar-refractivity contribution in [2.45, 2.75) is 12.8 Å². The van der Waals surface area contributed by atoms with E-state index in [0.29, 0.717) is 24.1 Å². The lowest BCUT2D eigenvalue weighted by molar-refractivity contribution is -0.384. The van der Waals surface area contributed by atoms with Crippen LogP contribution in [0.15, 0.2) is 18.2 Å². The number of aldehydes is 1. The predicted molar refractivity (Wildman–Crippen MR) is 72.6 cm³/mol. The summed E-state index contributed by atoms with van der Waals surface area (Å²) in [5.41, 5.74) is 0.734. The van der Waals surface area contributed by atoms with Crippen molar-refractivity contribution in [3.05, 3.63) is 33.9 Å². The maximum absolute atomic E-state index is 10.9. The first-order valence-electron chi connectivity index (χ1n) is 6.40. The Hall–Kier alpha value is -1.95. The van der Waals surface area contributed by atoms with Gasteiger partial charge in [-0.3, -0.25) is 14.9 Å². The van der Waals surface area contributed by atoms with Crippen LogP contribution in [-0.4, -0.2) is 42.3 Å². The average molecular weight is 263 g/mol. The number of benzene rings is 1. The second kappa shape index (κ2) is 6.29. The summed E-state index contributed by atoms with van der Waals surface area (Å²) in [5, 5.41) is 14.0. The minimum atomic E-state index is -0.467. The first kappa shape index (κ1) is 13.5. The van der Waals surface area contributed by atoms with Crippen LogP contribution in [0, 0.1) is 10.1 Å².